The lowest BCUT2D eigenvalue weighted by molar-refractivity contribution is -0.134. The number of amides is 2. The van der Waals surface area contributed by atoms with Gasteiger partial charge in [-0.2, -0.15) is 0 Å². The highest BCUT2D eigenvalue weighted by atomic mass is 19.2. The summed E-state index contributed by atoms with van der Waals surface area (Å²) in [7, 11) is 0. The quantitative estimate of drug-likeness (QED) is 0.839. The summed E-state index contributed by atoms with van der Waals surface area (Å²) >= 11 is 0. The minimum absolute atomic E-state index is 0. The van der Waals surface area contributed by atoms with Gasteiger partial charge in [-0.1, -0.05) is 26.0 Å². The topological polar surface area (TPSA) is 46.2 Å². The molecule has 1 aromatic carbocycles. The van der Waals surface area contributed by atoms with Gasteiger partial charge in [-0.05, 0) is 17.9 Å². The molecule has 1 aliphatic rings. The van der Waals surface area contributed by atoms with Crippen molar-refractivity contribution in [3.8, 4) is 0 Å². The van der Waals surface area contributed by atoms with Gasteiger partial charge in [-0.25, -0.2) is 8.78 Å². The van der Waals surface area contributed by atoms with Crippen molar-refractivity contribution in [2.75, 3.05) is 0 Å². The lowest BCUT2D eigenvalue weighted by Gasteiger charge is -2.22. The molecule has 0 radical (unpaired) electrons. The molecule has 0 aliphatic carbocycles. The minimum Gasteiger partial charge on any atom is -0.296 e. The van der Waals surface area contributed by atoms with Crippen molar-refractivity contribution in [1.29, 1.82) is 0 Å². The monoisotopic (exact) mass is 269 g/mol. The number of nitrogens with one attached hydrogen (secondary N) is 1. The van der Waals surface area contributed by atoms with E-state index in [0.29, 0.717) is 0 Å². The van der Waals surface area contributed by atoms with E-state index in [1.807, 2.05) is 0 Å². The Balaban J connectivity index is 0.00000200. The van der Waals surface area contributed by atoms with Gasteiger partial charge in [0.05, 0.1) is 5.92 Å². The van der Waals surface area contributed by atoms with E-state index in [4.69, 9.17) is 0 Å². The number of carbonyl (C=O) groups excluding carboxylic acids is 2. The molecule has 0 aromatic heterocycles. The highest BCUT2D eigenvalue weighted by Crippen LogP contribution is 2.31. The molecule has 1 atom stereocenters. The molecule has 0 spiro atoms. The molecular weight excluding hydrogens is 252 g/mol. The maximum absolute atomic E-state index is 14.0. The van der Waals surface area contributed by atoms with E-state index in [2.05, 4.69) is 5.32 Å². The number of hydrogen-bond acceptors (Lipinski definition) is 2. The van der Waals surface area contributed by atoms with Gasteiger partial charge in [-0.15, -0.1) is 0 Å². The number of rotatable bonds is 2. The molecule has 1 N–H and O–H groups in total. The van der Waals surface area contributed by atoms with E-state index in [1.54, 1.807) is 13.8 Å². The molecular formula is C14H17F2NO2. The molecule has 1 fully saturated rings. The van der Waals surface area contributed by atoms with Gasteiger partial charge in [-0.3, -0.25) is 14.9 Å². The van der Waals surface area contributed by atoms with E-state index in [9.17, 15) is 18.4 Å². The zero-order valence-corrected chi connectivity index (χ0v) is 10.8. The first-order valence-electron chi connectivity index (χ1n) is 6.23. The highest BCUT2D eigenvalue weighted by Gasteiger charge is 2.31. The van der Waals surface area contributed by atoms with Crippen molar-refractivity contribution in [2.45, 2.75) is 38.5 Å². The number of halogens is 2. The van der Waals surface area contributed by atoms with Crippen molar-refractivity contribution >= 4 is 11.8 Å². The summed E-state index contributed by atoms with van der Waals surface area (Å²) in [6, 6.07) is 2.94. The van der Waals surface area contributed by atoms with Crippen LogP contribution in [0.4, 0.5) is 8.78 Å². The third kappa shape index (κ3) is 2.50. The first kappa shape index (κ1) is 13.6. The molecule has 1 heterocycles. The Morgan fingerprint density at radius 2 is 1.95 bits per heavy atom. The van der Waals surface area contributed by atoms with Crippen molar-refractivity contribution in [3.05, 3.63) is 34.9 Å². The fourth-order valence-electron chi connectivity index (χ4n) is 2.28. The molecule has 1 aromatic rings. The summed E-state index contributed by atoms with van der Waals surface area (Å²) in [5, 5.41) is 2.14. The van der Waals surface area contributed by atoms with Crippen LogP contribution in [0, 0.1) is 11.6 Å². The van der Waals surface area contributed by atoms with E-state index in [-0.39, 0.29) is 37.2 Å². The second-order valence-corrected chi connectivity index (χ2v) is 5.03. The second-order valence-electron chi connectivity index (χ2n) is 5.03. The Hall–Kier alpha value is -1.78. The van der Waals surface area contributed by atoms with E-state index < -0.39 is 23.5 Å². The Morgan fingerprint density at radius 1 is 1.26 bits per heavy atom. The van der Waals surface area contributed by atoms with E-state index >= 15 is 0 Å². The molecule has 1 aliphatic heterocycles. The number of imide groups is 1. The summed E-state index contributed by atoms with van der Waals surface area (Å²) in [6.07, 6.45) is 0.353. The van der Waals surface area contributed by atoms with Gasteiger partial charge in [0.2, 0.25) is 11.8 Å². The highest BCUT2D eigenvalue weighted by molar-refractivity contribution is 6.00. The lowest BCUT2D eigenvalue weighted by Crippen LogP contribution is -2.39. The van der Waals surface area contributed by atoms with Crippen LogP contribution < -0.4 is 5.32 Å². The Labute approximate surface area is 111 Å². The molecule has 104 valence electrons. The van der Waals surface area contributed by atoms with Crippen LogP contribution in [-0.2, 0) is 9.59 Å². The van der Waals surface area contributed by atoms with Crippen LogP contribution in [0.25, 0.3) is 0 Å². The molecule has 0 bridgehead atoms. The zero-order chi connectivity index (χ0) is 14.2. The first-order valence-corrected chi connectivity index (χ1v) is 6.23. The maximum Gasteiger partial charge on any atom is 0.234 e. The van der Waals surface area contributed by atoms with E-state index in [1.165, 1.54) is 12.1 Å². The SMILES string of the molecule is CC(C)c1ccc(C2CCC(=O)NC2=O)c(F)c1F.[HH]. The third-order valence-corrected chi connectivity index (χ3v) is 3.38. The van der Waals surface area contributed by atoms with Crippen LogP contribution in [-0.4, -0.2) is 11.8 Å². The lowest BCUT2D eigenvalue weighted by atomic mass is 9.88. The molecule has 5 heteroatoms. The smallest absolute Gasteiger partial charge is 0.234 e. The first-order chi connectivity index (χ1) is 8.91. The number of carbonyl (C=O) groups is 2. The van der Waals surface area contributed by atoms with Gasteiger partial charge in [0.15, 0.2) is 11.6 Å². The van der Waals surface area contributed by atoms with Gasteiger partial charge in [0.25, 0.3) is 0 Å². The van der Waals surface area contributed by atoms with Crippen molar-refractivity contribution < 1.29 is 19.8 Å². The van der Waals surface area contributed by atoms with Crippen molar-refractivity contribution in [3.63, 3.8) is 0 Å². The van der Waals surface area contributed by atoms with Gasteiger partial charge in [0, 0.05) is 13.4 Å². The normalized spacial score (nSPS) is 19.7. The van der Waals surface area contributed by atoms with Gasteiger partial charge in [0.1, 0.15) is 0 Å². The fourth-order valence-corrected chi connectivity index (χ4v) is 2.28. The van der Waals surface area contributed by atoms with Crippen molar-refractivity contribution in [1.82, 2.24) is 5.32 Å². The summed E-state index contributed by atoms with van der Waals surface area (Å²) in [5.74, 6) is -3.76. The van der Waals surface area contributed by atoms with Crippen LogP contribution in [0.3, 0.4) is 0 Å². The number of benzene rings is 1. The van der Waals surface area contributed by atoms with Crippen molar-refractivity contribution in [2.24, 2.45) is 0 Å². The average molecular weight is 269 g/mol. The van der Waals surface area contributed by atoms with E-state index in [0.717, 1.165) is 0 Å². The Morgan fingerprint density at radius 3 is 2.53 bits per heavy atom. The summed E-state index contributed by atoms with van der Waals surface area (Å²) in [4.78, 5) is 22.7. The largest absolute Gasteiger partial charge is 0.296 e. The van der Waals surface area contributed by atoms with Crippen LogP contribution in [0.15, 0.2) is 12.1 Å². The molecule has 0 saturated carbocycles. The Kier molecular flexibility index (Phi) is 3.64. The minimum atomic E-state index is -0.985. The Bertz CT molecular complexity index is 546. The molecule has 19 heavy (non-hydrogen) atoms. The van der Waals surface area contributed by atoms with Crippen LogP contribution in [0.1, 0.15) is 51.1 Å². The second kappa shape index (κ2) is 5.07. The van der Waals surface area contributed by atoms with Gasteiger partial charge >= 0.3 is 0 Å². The van der Waals surface area contributed by atoms with Gasteiger partial charge < -0.3 is 0 Å². The zero-order valence-electron chi connectivity index (χ0n) is 10.8. The fraction of sp³-hybridized carbons (Fsp3) is 0.429. The molecule has 1 unspecified atom stereocenters. The standard InChI is InChI=1S/C14H15F2NO2.H2/c1-7(2)8-3-4-9(13(16)12(8)15)10-5-6-11(18)17-14(10)19;/h3-4,7,10H,5-6H2,1-2H3,(H,17,18,19);1H. The summed E-state index contributed by atoms with van der Waals surface area (Å²) < 4.78 is 27.9. The average Bonchev–Trinajstić information content (AvgIpc) is 2.33. The summed E-state index contributed by atoms with van der Waals surface area (Å²) in [6.45, 7) is 3.53. The molecule has 3 nitrogen and oxygen atoms in total. The summed E-state index contributed by atoms with van der Waals surface area (Å²) in [5.41, 5.74) is 0.306. The van der Waals surface area contributed by atoms with Crippen LogP contribution in [0.5, 0.6) is 0 Å². The molecule has 2 amide bonds. The predicted octanol–water partition coefficient (Wildman–Crippen LogP) is 2.85. The van der Waals surface area contributed by atoms with Crippen LogP contribution >= 0.6 is 0 Å². The third-order valence-electron chi connectivity index (χ3n) is 3.38. The predicted molar refractivity (Wildman–Crippen MR) is 67.7 cm³/mol. The number of piperidine rings is 1. The maximum atomic E-state index is 14.0. The van der Waals surface area contributed by atoms with Crippen LogP contribution in [0.2, 0.25) is 0 Å². The number of hydrogen-bond donors (Lipinski definition) is 1. The molecule has 1 saturated heterocycles. The molecule has 2 rings (SSSR count).